The molecule has 0 radical (unpaired) electrons. The molecule has 0 saturated carbocycles. The summed E-state index contributed by atoms with van der Waals surface area (Å²) in [7, 11) is 1.53. The van der Waals surface area contributed by atoms with E-state index >= 15 is 0 Å². The van der Waals surface area contributed by atoms with Crippen LogP contribution in [0.3, 0.4) is 0 Å². The van der Waals surface area contributed by atoms with Gasteiger partial charge in [-0.1, -0.05) is 36.4 Å². The monoisotopic (exact) mass is 317 g/mol. The number of hydrogen-bond donors (Lipinski definition) is 2. The van der Waals surface area contributed by atoms with Crippen molar-refractivity contribution in [2.24, 2.45) is 0 Å². The third-order valence-electron chi connectivity index (χ3n) is 3.32. The molecule has 6 heteroatoms. The SMILES string of the molecule is COCCOCC(=O)NC(C(=O)O)c1ccc2ccccc2c1. The molecule has 2 rings (SSSR count). The van der Waals surface area contributed by atoms with Crippen molar-refractivity contribution in [2.45, 2.75) is 6.04 Å². The zero-order valence-corrected chi connectivity index (χ0v) is 12.8. The summed E-state index contributed by atoms with van der Waals surface area (Å²) in [5.41, 5.74) is 0.515. The van der Waals surface area contributed by atoms with Crippen molar-refractivity contribution >= 4 is 22.6 Å². The molecule has 0 spiro atoms. The van der Waals surface area contributed by atoms with Crippen molar-refractivity contribution < 1.29 is 24.2 Å². The third-order valence-corrected chi connectivity index (χ3v) is 3.32. The summed E-state index contributed by atoms with van der Waals surface area (Å²) in [5.74, 6) is -1.60. The van der Waals surface area contributed by atoms with Crippen LogP contribution in [-0.2, 0) is 19.1 Å². The molecule has 1 unspecified atom stereocenters. The molecule has 0 bridgehead atoms. The van der Waals surface area contributed by atoms with Gasteiger partial charge in [0.25, 0.3) is 0 Å². The number of methoxy groups -OCH3 is 1. The maximum atomic E-state index is 11.8. The first-order chi connectivity index (χ1) is 11.1. The van der Waals surface area contributed by atoms with Crippen LogP contribution in [-0.4, -0.2) is 43.9 Å². The second-order valence-electron chi connectivity index (χ2n) is 4.99. The molecule has 2 aromatic carbocycles. The minimum Gasteiger partial charge on any atom is -0.479 e. The molecule has 23 heavy (non-hydrogen) atoms. The quantitative estimate of drug-likeness (QED) is 0.725. The van der Waals surface area contributed by atoms with Crippen LogP contribution in [0.25, 0.3) is 10.8 Å². The molecule has 2 aromatic rings. The molecular formula is C17H19NO5. The van der Waals surface area contributed by atoms with Crippen LogP contribution in [0, 0.1) is 0 Å². The van der Waals surface area contributed by atoms with Crippen molar-refractivity contribution in [3.63, 3.8) is 0 Å². The number of carboxylic acids is 1. The van der Waals surface area contributed by atoms with Gasteiger partial charge in [0.15, 0.2) is 6.04 Å². The van der Waals surface area contributed by atoms with E-state index < -0.39 is 17.9 Å². The summed E-state index contributed by atoms with van der Waals surface area (Å²) in [6.45, 7) is 0.443. The van der Waals surface area contributed by atoms with E-state index in [1.165, 1.54) is 7.11 Å². The zero-order chi connectivity index (χ0) is 16.7. The van der Waals surface area contributed by atoms with E-state index in [9.17, 15) is 14.7 Å². The largest absolute Gasteiger partial charge is 0.479 e. The van der Waals surface area contributed by atoms with Crippen LogP contribution in [0.2, 0.25) is 0 Å². The lowest BCUT2D eigenvalue weighted by Crippen LogP contribution is -2.36. The van der Waals surface area contributed by atoms with Crippen LogP contribution in [0.5, 0.6) is 0 Å². The molecule has 1 amide bonds. The summed E-state index contributed by atoms with van der Waals surface area (Å²) in [6, 6.07) is 11.8. The molecular weight excluding hydrogens is 298 g/mol. The highest BCUT2D eigenvalue weighted by molar-refractivity contribution is 5.88. The Morgan fingerprint density at radius 3 is 2.57 bits per heavy atom. The Bertz CT molecular complexity index is 685. The van der Waals surface area contributed by atoms with E-state index in [0.29, 0.717) is 12.2 Å². The number of nitrogens with one attached hydrogen (secondary N) is 1. The minimum absolute atomic E-state index is 0.208. The number of carboxylic acid groups (broad SMARTS) is 1. The normalized spacial score (nSPS) is 12.0. The number of aliphatic carboxylic acids is 1. The lowest BCUT2D eigenvalue weighted by atomic mass is 10.0. The highest BCUT2D eigenvalue weighted by atomic mass is 16.5. The molecule has 0 fully saturated rings. The first-order valence-corrected chi connectivity index (χ1v) is 7.19. The lowest BCUT2D eigenvalue weighted by molar-refractivity contribution is -0.142. The Morgan fingerprint density at radius 1 is 1.13 bits per heavy atom. The van der Waals surface area contributed by atoms with Gasteiger partial charge in [-0.2, -0.15) is 0 Å². The molecule has 0 aliphatic carbocycles. The van der Waals surface area contributed by atoms with Crippen LogP contribution in [0.4, 0.5) is 0 Å². The van der Waals surface area contributed by atoms with E-state index in [4.69, 9.17) is 9.47 Å². The maximum absolute atomic E-state index is 11.8. The number of rotatable bonds is 8. The van der Waals surface area contributed by atoms with E-state index in [1.54, 1.807) is 12.1 Å². The molecule has 0 saturated heterocycles. The smallest absolute Gasteiger partial charge is 0.330 e. The standard InChI is InChI=1S/C17H19NO5/c1-22-8-9-23-11-15(19)18-16(17(20)21)14-7-6-12-4-2-3-5-13(12)10-14/h2-7,10,16H,8-9,11H2,1H3,(H,18,19)(H,20,21). The summed E-state index contributed by atoms with van der Waals surface area (Å²) in [5, 5.41) is 13.8. The van der Waals surface area contributed by atoms with Gasteiger partial charge in [-0.25, -0.2) is 4.79 Å². The van der Waals surface area contributed by atoms with Crippen molar-refractivity contribution in [2.75, 3.05) is 26.9 Å². The number of benzene rings is 2. The van der Waals surface area contributed by atoms with Gasteiger partial charge in [0, 0.05) is 7.11 Å². The lowest BCUT2D eigenvalue weighted by Gasteiger charge is -2.15. The molecule has 0 aromatic heterocycles. The second-order valence-corrected chi connectivity index (χ2v) is 4.99. The van der Waals surface area contributed by atoms with Crippen LogP contribution >= 0.6 is 0 Å². The Kier molecular flexibility index (Phi) is 6.08. The molecule has 2 N–H and O–H groups in total. The fourth-order valence-corrected chi connectivity index (χ4v) is 2.18. The molecule has 122 valence electrons. The molecule has 1 atom stereocenters. The van der Waals surface area contributed by atoms with E-state index in [0.717, 1.165) is 10.8 Å². The molecule has 0 heterocycles. The van der Waals surface area contributed by atoms with Gasteiger partial charge >= 0.3 is 5.97 Å². The van der Waals surface area contributed by atoms with Gasteiger partial charge < -0.3 is 19.9 Å². The maximum Gasteiger partial charge on any atom is 0.330 e. The first kappa shape index (κ1) is 16.9. The Hall–Kier alpha value is -2.44. The average molecular weight is 317 g/mol. The van der Waals surface area contributed by atoms with Gasteiger partial charge in [-0.3, -0.25) is 4.79 Å². The number of carbonyl (C=O) groups is 2. The molecule has 0 aliphatic rings. The second kappa shape index (κ2) is 8.26. The van der Waals surface area contributed by atoms with Crippen LogP contribution in [0.15, 0.2) is 42.5 Å². The van der Waals surface area contributed by atoms with E-state index in [2.05, 4.69) is 5.32 Å². The summed E-state index contributed by atoms with van der Waals surface area (Å²) in [4.78, 5) is 23.3. The summed E-state index contributed by atoms with van der Waals surface area (Å²) in [6.07, 6.45) is 0. The number of carbonyl (C=O) groups excluding carboxylic acids is 1. The highest BCUT2D eigenvalue weighted by Gasteiger charge is 2.22. The Labute approximate surface area is 134 Å². The topological polar surface area (TPSA) is 84.9 Å². The van der Waals surface area contributed by atoms with Gasteiger partial charge in [0.1, 0.15) is 6.61 Å². The fraction of sp³-hybridized carbons (Fsp3) is 0.294. The Morgan fingerprint density at radius 2 is 1.87 bits per heavy atom. The van der Waals surface area contributed by atoms with Gasteiger partial charge in [-0.15, -0.1) is 0 Å². The van der Waals surface area contributed by atoms with Crippen molar-refractivity contribution in [1.29, 1.82) is 0 Å². The third kappa shape index (κ3) is 4.77. The van der Waals surface area contributed by atoms with Crippen LogP contribution in [0.1, 0.15) is 11.6 Å². The van der Waals surface area contributed by atoms with Gasteiger partial charge in [-0.05, 0) is 22.4 Å². The van der Waals surface area contributed by atoms with Crippen LogP contribution < -0.4 is 5.32 Å². The van der Waals surface area contributed by atoms with Crippen molar-refractivity contribution in [3.8, 4) is 0 Å². The highest BCUT2D eigenvalue weighted by Crippen LogP contribution is 2.20. The summed E-state index contributed by atoms with van der Waals surface area (Å²) < 4.78 is 9.89. The minimum atomic E-state index is -1.12. The number of fused-ring (bicyclic) bond motifs is 1. The predicted molar refractivity (Wildman–Crippen MR) is 85.2 cm³/mol. The number of amides is 1. The fourth-order valence-electron chi connectivity index (χ4n) is 2.18. The zero-order valence-electron chi connectivity index (χ0n) is 12.8. The number of hydrogen-bond acceptors (Lipinski definition) is 4. The molecule has 6 nitrogen and oxygen atoms in total. The summed E-state index contributed by atoms with van der Waals surface area (Å²) >= 11 is 0. The van der Waals surface area contributed by atoms with Crippen molar-refractivity contribution in [3.05, 3.63) is 48.0 Å². The molecule has 0 aliphatic heterocycles. The average Bonchev–Trinajstić information content (AvgIpc) is 2.56. The predicted octanol–water partition coefficient (Wildman–Crippen LogP) is 1.74. The van der Waals surface area contributed by atoms with Crippen molar-refractivity contribution in [1.82, 2.24) is 5.32 Å². The van der Waals surface area contributed by atoms with Gasteiger partial charge in [0.05, 0.1) is 13.2 Å². The van der Waals surface area contributed by atoms with E-state index in [-0.39, 0.29) is 13.2 Å². The Balaban J connectivity index is 2.07. The first-order valence-electron chi connectivity index (χ1n) is 7.19. The number of ether oxygens (including phenoxy) is 2. The van der Waals surface area contributed by atoms with Gasteiger partial charge in [0.2, 0.25) is 5.91 Å². The van der Waals surface area contributed by atoms with E-state index in [1.807, 2.05) is 30.3 Å².